The average molecular weight is 271 g/mol. The molecule has 2 N–H and O–H groups in total. The van der Waals surface area contributed by atoms with Crippen LogP contribution >= 0.6 is 15.9 Å². The van der Waals surface area contributed by atoms with Crippen LogP contribution in [0.25, 0.3) is 11.0 Å². The van der Waals surface area contributed by atoms with Gasteiger partial charge in [-0.25, -0.2) is 9.59 Å². The Labute approximate surface area is 92.5 Å². The Kier molecular flexibility index (Phi) is 2.15. The molecule has 0 amide bonds. The van der Waals surface area contributed by atoms with Crippen molar-refractivity contribution in [1.29, 1.82) is 0 Å². The maximum atomic E-state index is 11.3. The van der Waals surface area contributed by atoms with E-state index in [1.54, 1.807) is 7.05 Å². The van der Waals surface area contributed by atoms with Crippen molar-refractivity contribution in [2.24, 2.45) is 7.05 Å². The topological polar surface area (TPSA) is 75.1 Å². The molecule has 6 heteroatoms. The van der Waals surface area contributed by atoms with Crippen LogP contribution in [0.3, 0.4) is 0 Å². The number of benzene rings is 1. The highest BCUT2D eigenvalue weighted by atomic mass is 79.9. The van der Waals surface area contributed by atoms with E-state index in [1.165, 1.54) is 16.7 Å². The summed E-state index contributed by atoms with van der Waals surface area (Å²) in [5, 5.41) is 8.83. The molecule has 0 unspecified atom stereocenters. The highest BCUT2D eigenvalue weighted by Crippen LogP contribution is 2.23. The van der Waals surface area contributed by atoms with Gasteiger partial charge in [-0.3, -0.25) is 4.57 Å². The van der Waals surface area contributed by atoms with Gasteiger partial charge in [0.05, 0.1) is 16.6 Å². The molecule has 0 aliphatic carbocycles. The molecule has 0 saturated carbocycles. The van der Waals surface area contributed by atoms with Crippen molar-refractivity contribution >= 4 is 32.9 Å². The van der Waals surface area contributed by atoms with Crippen molar-refractivity contribution in [3.05, 3.63) is 32.7 Å². The third-order valence-electron chi connectivity index (χ3n) is 2.19. The number of aromatic nitrogens is 2. The summed E-state index contributed by atoms with van der Waals surface area (Å²) >= 11 is 3.24. The number of hydrogen-bond acceptors (Lipinski definition) is 2. The van der Waals surface area contributed by atoms with Gasteiger partial charge in [-0.1, -0.05) is 0 Å². The number of nitrogens with zero attached hydrogens (tertiary/aromatic N) is 1. The average Bonchev–Trinajstić information content (AvgIpc) is 2.42. The standard InChI is InChI=1S/C9H7BrN2O3/c1-12-7-5(10)2-4(8(13)14)3-6(7)11-9(12)15/h2-3H,1H3,(H,11,15)(H,13,14). The summed E-state index contributed by atoms with van der Waals surface area (Å²) in [4.78, 5) is 24.7. The molecule has 1 aromatic heterocycles. The van der Waals surface area contributed by atoms with E-state index in [0.29, 0.717) is 15.5 Å². The minimum absolute atomic E-state index is 0.135. The Balaban J connectivity index is 2.90. The molecule has 78 valence electrons. The third-order valence-corrected chi connectivity index (χ3v) is 2.80. The van der Waals surface area contributed by atoms with Crippen molar-refractivity contribution in [2.45, 2.75) is 0 Å². The Bertz CT molecular complexity index is 612. The van der Waals surface area contributed by atoms with Gasteiger partial charge in [-0.2, -0.15) is 0 Å². The van der Waals surface area contributed by atoms with Gasteiger partial charge in [0, 0.05) is 11.5 Å². The second-order valence-corrected chi connectivity index (χ2v) is 4.00. The first-order chi connectivity index (χ1) is 7.00. The van der Waals surface area contributed by atoms with E-state index in [0.717, 1.165) is 0 Å². The number of imidazole rings is 1. The summed E-state index contributed by atoms with van der Waals surface area (Å²) in [5.74, 6) is -1.03. The van der Waals surface area contributed by atoms with Crippen molar-refractivity contribution in [1.82, 2.24) is 9.55 Å². The second-order valence-electron chi connectivity index (χ2n) is 3.15. The SMILES string of the molecule is Cn1c(=O)[nH]c2cc(C(=O)O)cc(Br)c21. The van der Waals surface area contributed by atoms with E-state index < -0.39 is 5.97 Å². The normalized spacial score (nSPS) is 10.8. The molecular formula is C9H7BrN2O3. The van der Waals surface area contributed by atoms with Crippen LogP contribution in [0, 0.1) is 0 Å². The molecule has 2 rings (SSSR count). The van der Waals surface area contributed by atoms with E-state index in [4.69, 9.17) is 5.11 Å². The number of carboxylic acid groups (broad SMARTS) is 1. The van der Waals surface area contributed by atoms with Gasteiger partial charge in [0.15, 0.2) is 0 Å². The van der Waals surface area contributed by atoms with Crippen molar-refractivity contribution in [3.8, 4) is 0 Å². The zero-order valence-corrected chi connectivity index (χ0v) is 9.33. The van der Waals surface area contributed by atoms with Gasteiger partial charge in [-0.05, 0) is 28.1 Å². The minimum Gasteiger partial charge on any atom is -0.478 e. The van der Waals surface area contributed by atoms with Crippen LogP contribution in [-0.4, -0.2) is 20.6 Å². The highest BCUT2D eigenvalue weighted by Gasteiger charge is 2.11. The summed E-state index contributed by atoms with van der Waals surface area (Å²) in [6.45, 7) is 0. The molecule has 0 bridgehead atoms. The van der Waals surface area contributed by atoms with E-state index in [2.05, 4.69) is 20.9 Å². The van der Waals surface area contributed by atoms with Gasteiger partial charge in [0.2, 0.25) is 0 Å². The van der Waals surface area contributed by atoms with Gasteiger partial charge in [0.1, 0.15) is 0 Å². The molecule has 1 heterocycles. The molecule has 0 radical (unpaired) electrons. The second kappa shape index (κ2) is 3.23. The summed E-state index contributed by atoms with van der Waals surface area (Å²) in [5.41, 5.74) is 1.03. The molecule has 0 fully saturated rings. The number of halogens is 1. The van der Waals surface area contributed by atoms with Crippen LogP contribution in [0.15, 0.2) is 21.4 Å². The molecule has 0 atom stereocenters. The minimum atomic E-state index is -1.03. The Morgan fingerprint density at radius 1 is 1.53 bits per heavy atom. The number of fused-ring (bicyclic) bond motifs is 1. The zero-order chi connectivity index (χ0) is 11.2. The largest absolute Gasteiger partial charge is 0.478 e. The number of H-pyrrole nitrogens is 1. The van der Waals surface area contributed by atoms with E-state index >= 15 is 0 Å². The lowest BCUT2D eigenvalue weighted by molar-refractivity contribution is 0.0697. The lowest BCUT2D eigenvalue weighted by atomic mass is 10.2. The number of aryl methyl sites for hydroxylation is 1. The Morgan fingerprint density at radius 3 is 2.80 bits per heavy atom. The zero-order valence-electron chi connectivity index (χ0n) is 7.74. The summed E-state index contributed by atoms with van der Waals surface area (Å²) in [7, 11) is 1.62. The van der Waals surface area contributed by atoms with Crippen LogP contribution < -0.4 is 5.69 Å². The molecule has 0 saturated heterocycles. The predicted octanol–water partition coefficient (Wildman–Crippen LogP) is 1.33. The van der Waals surface area contributed by atoms with Crippen LogP contribution in [0.5, 0.6) is 0 Å². The number of aromatic carboxylic acids is 1. The molecule has 15 heavy (non-hydrogen) atoms. The van der Waals surface area contributed by atoms with Crippen molar-refractivity contribution in [3.63, 3.8) is 0 Å². The van der Waals surface area contributed by atoms with Crippen LogP contribution in [0.1, 0.15) is 10.4 Å². The fraction of sp³-hybridized carbons (Fsp3) is 0.111. The number of nitrogens with one attached hydrogen (secondary N) is 1. The lowest BCUT2D eigenvalue weighted by Gasteiger charge is -1.99. The number of carboxylic acids is 1. The van der Waals surface area contributed by atoms with Crippen molar-refractivity contribution < 1.29 is 9.90 Å². The van der Waals surface area contributed by atoms with Gasteiger partial charge in [0.25, 0.3) is 0 Å². The summed E-state index contributed by atoms with van der Waals surface area (Å²) in [6.07, 6.45) is 0. The Morgan fingerprint density at radius 2 is 2.20 bits per heavy atom. The number of rotatable bonds is 1. The van der Waals surface area contributed by atoms with Crippen molar-refractivity contribution in [2.75, 3.05) is 0 Å². The number of carbonyl (C=O) groups is 1. The fourth-order valence-corrected chi connectivity index (χ4v) is 2.19. The monoisotopic (exact) mass is 270 g/mol. The van der Waals surface area contributed by atoms with Gasteiger partial charge < -0.3 is 10.1 Å². The summed E-state index contributed by atoms with van der Waals surface area (Å²) in [6, 6.07) is 2.90. The van der Waals surface area contributed by atoms with E-state index in [1.807, 2.05) is 0 Å². The molecule has 0 aliphatic heterocycles. The van der Waals surface area contributed by atoms with Gasteiger partial charge in [-0.15, -0.1) is 0 Å². The van der Waals surface area contributed by atoms with Crippen LogP contribution in [-0.2, 0) is 7.05 Å². The molecule has 0 spiro atoms. The molecular weight excluding hydrogens is 264 g/mol. The maximum absolute atomic E-state index is 11.3. The molecule has 2 aromatic rings. The molecule has 1 aromatic carbocycles. The summed E-state index contributed by atoms with van der Waals surface area (Å²) < 4.78 is 2.00. The fourth-order valence-electron chi connectivity index (χ4n) is 1.46. The van der Waals surface area contributed by atoms with Gasteiger partial charge >= 0.3 is 11.7 Å². The molecule has 0 aliphatic rings. The smallest absolute Gasteiger partial charge is 0.335 e. The molecule has 5 nitrogen and oxygen atoms in total. The third kappa shape index (κ3) is 1.46. The maximum Gasteiger partial charge on any atom is 0.335 e. The first kappa shape index (κ1) is 9.97. The first-order valence-corrected chi connectivity index (χ1v) is 4.91. The van der Waals surface area contributed by atoms with Crippen LogP contribution in [0.4, 0.5) is 0 Å². The number of aromatic amines is 1. The first-order valence-electron chi connectivity index (χ1n) is 4.12. The van der Waals surface area contributed by atoms with Crippen LogP contribution in [0.2, 0.25) is 0 Å². The number of hydrogen-bond donors (Lipinski definition) is 2. The Hall–Kier alpha value is -1.56. The lowest BCUT2D eigenvalue weighted by Crippen LogP contribution is -2.11. The predicted molar refractivity (Wildman–Crippen MR) is 58.2 cm³/mol. The van der Waals surface area contributed by atoms with E-state index in [9.17, 15) is 9.59 Å². The highest BCUT2D eigenvalue weighted by molar-refractivity contribution is 9.10. The van der Waals surface area contributed by atoms with E-state index in [-0.39, 0.29) is 11.3 Å². The quantitative estimate of drug-likeness (QED) is 0.821.